The number of aryl methyl sites for hydroxylation is 7. The SMILES string of the molecule is CN1Cc2cc(n(C)n2)CCc2cc3c(c(c2)OCCCc2c(C(=O)O)n(C)c4c(c(Cl)ccc24)-c2c(nn4c2CCCC4)C1)NCCC3. The van der Waals surface area contributed by atoms with Crippen LogP contribution in [-0.4, -0.2) is 60.3 Å². The van der Waals surface area contributed by atoms with Gasteiger partial charge in [0.25, 0.3) is 0 Å². The summed E-state index contributed by atoms with van der Waals surface area (Å²) in [6.45, 7) is 3.56. The van der Waals surface area contributed by atoms with E-state index in [1.54, 1.807) is 0 Å². The van der Waals surface area contributed by atoms with Crippen molar-refractivity contribution < 1.29 is 14.6 Å². The lowest BCUT2D eigenvalue weighted by molar-refractivity contribution is 0.0685. The molecule has 0 fully saturated rings. The highest BCUT2D eigenvalue weighted by molar-refractivity contribution is 6.35. The minimum atomic E-state index is -0.941. The Kier molecular flexibility index (Phi) is 8.40. The molecule has 0 spiro atoms. The lowest BCUT2D eigenvalue weighted by atomic mass is 9.95. The first kappa shape index (κ1) is 32.0. The van der Waals surface area contributed by atoms with Crippen molar-refractivity contribution in [3.8, 4) is 16.9 Å². The van der Waals surface area contributed by atoms with Gasteiger partial charge in [-0.15, -0.1) is 0 Å². The van der Waals surface area contributed by atoms with E-state index >= 15 is 0 Å². The van der Waals surface area contributed by atoms with E-state index in [9.17, 15) is 9.90 Å². The summed E-state index contributed by atoms with van der Waals surface area (Å²) < 4.78 is 12.5. The zero-order valence-electron chi connectivity index (χ0n) is 28.6. The average molecular weight is 682 g/mol. The molecular formula is C38H44ClN7O3. The Morgan fingerprint density at radius 1 is 0.939 bits per heavy atom. The fraction of sp³-hybridized carbons (Fsp3) is 0.447. The van der Waals surface area contributed by atoms with Crippen molar-refractivity contribution in [2.75, 3.05) is 25.5 Å². The molecule has 8 rings (SSSR count). The number of carboxylic acids is 1. The molecule has 3 aromatic heterocycles. The van der Waals surface area contributed by atoms with Gasteiger partial charge < -0.3 is 19.7 Å². The number of anilines is 1. The van der Waals surface area contributed by atoms with Gasteiger partial charge in [0.1, 0.15) is 11.4 Å². The highest BCUT2D eigenvalue weighted by atomic mass is 35.5. The number of nitrogens with one attached hydrogen (secondary N) is 1. The molecule has 0 unspecified atom stereocenters. The highest BCUT2D eigenvalue weighted by Gasteiger charge is 2.30. The second-order valence-corrected chi connectivity index (χ2v) is 14.4. The van der Waals surface area contributed by atoms with Crippen LogP contribution < -0.4 is 10.1 Å². The normalized spacial score (nSPS) is 17.1. The van der Waals surface area contributed by atoms with Crippen molar-refractivity contribution in [2.24, 2.45) is 14.1 Å². The van der Waals surface area contributed by atoms with Crippen LogP contribution in [0.4, 0.5) is 5.69 Å². The quantitative estimate of drug-likeness (QED) is 0.207. The zero-order valence-corrected chi connectivity index (χ0v) is 29.4. The van der Waals surface area contributed by atoms with Crippen LogP contribution in [0.3, 0.4) is 0 Å². The summed E-state index contributed by atoms with van der Waals surface area (Å²) >= 11 is 7.13. The molecule has 256 valence electrons. The molecule has 0 saturated carbocycles. The molecule has 0 amide bonds. The van der Waals surface area contributed by atoms with E-state index < -0.39 is 5.97 Å². The van der Waals surface area contributed by atoms with Crippen LogP contribution >= 0.6 is 11.6 Å². The van der Waals surface area contributed by atoms with Crippen LogP contribution in [0.2, 0.25) is 5.02 Å². The highest BCUT2D eigenvalue weighted by Crippen LogP contribution is 2.43. The van der Waals surface area contributed by atoms with E-state index in [1.165, 1.54) is 22.5 Å². The first-order valence-electron chi connectivity index (χ1n) is 17.6. The number of carbonyl (C=O) groups is 1. The fourth-order valence-electron chi connectivity index (χ4n) is 8.37. The first-order chi connectivity index (χ1) is 23.8. The molecule has 11 heteroatoms. The van der Waals surface area contributed by atoms with E-state index in [0.29, 0.717) is 43.3 Å². The number of hydrogen-bond acceptors (Lipinski definition) is 6. The van der Waals surface area contributed by atoms with Gasteiger partial charge in [0.05, 0.1) is 34.2 Å². The van der Waals surface area contributed by atoms with E-state index in [4.69, 9.17) is 26.5 Å². The minimum absolute atomic E-state index is 0.298. The molecule has 10 nitrogen and oxygen atoms in total. The van der Waals surface area contributed by atoms with Gasteiger partial charge in [0.2, 0.25) is 0 Å². The predicted octanol–water partition coefficient (Wildman–Crippen LogP) is 6.56. The monoisotopic (exact) mass is 681 g/mol. The molecule has 3 aliphatic rings. The summed E-state index contributed by atoms with van der Waals surface area (Å²) in [4.78, 5) is 15.1. The molecule has 5 aromatic rings. The van der Waals surface area contributed by atoms with Crippen LogP contribution in [0.15, 0.2) is 30.3 Å². The number of benzene rings is 2. The van der Waals surface area contributed by atoms with E-state index in [1.807, 2.05) is 35.5 Å². The van der Waals surface area contributed by atoms with E-state index in [2.05, 4.69) is 40.1 Å². The van der Waals surface area contributed by atoms with Crippen LogP contribution in [0.5, 0.6) is 5.75 Å². The average Bonchev–Trinajstić information content (AvgIpc) is 3.71. The smallest absolute Gasteiger partial charge is 0.352 e. The number of carboxylic acid groups (broad SMARTS) is 1. The summed E-state index contributed by atoms with van der Waals surface area (Å²) in [5, 5.41) is 25.7. The molecule has 49 heavy (non-hydrogen) atoms. The number of halogens is 1. The van der Waals surface area contributed by atoms with Gasteiger partial charge in [-0.25, -0.2) is 4.79 Å². The molecule has 0 atom stereocenters. The van der Waals surface area contributed by atoms with Crippen molar-refractivity contribution in [3.05, 3.63) is 80.5 Å². The number of nitrogens with zero attached hydrogens (tertiary/aromatic N) is 6. The van der Waals surface area contributed by atoms with Crippen molar-refractivity contribution in [1.29, 1.82) is 0 Å². The third kappa shape index (κ3) is 5.78. The Morgan fingerprint density at radius 3 is 2.67 bits per heavy atom. The minimum Gasteiger partial charge on any atom is -0.491 e. The Balaban J connectivity index is 1.27. The molecule has 8 bridgehead atoms. The Morgan fingerprint density at radius 2 is 1.82 bits per heavy atom. The number of ether oxygens (including phenoxy) is 1. The Hall–Kier alpha value is -4.28. The Bertz CT molecular complexity index is 2090. The van der Waals surface area contributed by atoms with Crippen LogP contribution in [-0.2, 0) is 65.8 Å². The van der Waals surface area contributed by atoms with Crippen molar-refractivity contribution >= 4 is 34.2 Å². The predicted molar refractivity (Wildman–Crippen MR) is 192 cm³/mol. The molecule has 0 radical (unpaired) electrons. The summed E-state index contributed by atoms with van der Waals surface area (Å²) in [5.41, 5.74) is 11.9. The third-order valence-corrected chi connectivity index (χ3v) is 10.9. The summed E-state index contributed by atoms with van der Waals surface area (Å²) in [6, 6.07) is 10.7. The van der Waals surface area contributed by atoms with Gasteiger partial charge in [0.15, 0.2) is 0 Å². The molecule has 2 N–H and O–H groups in total. The largest absolute Gasteiger partial charge is 0.491 e. The topological polar surface area (TPSA) is 102 Å². The molecular weight excluding hydrogens is 638 g/mol. The third-order valence-electron chi connectivity index (χ3n) is 10.6. The van der Waals surface area contributed by atoms with E-state index in [0.717, 1.165) is 108 Å². The van der Waals surface area contributed by atoms with Gasteiger partial charge in [-0.3, -0.25) is 14.3 Å². The van der Waals surface area contributed by atoms with Crippen molar-refractivity contribution in [1.82, 2.24) is 29.0 Å². The number of fused-ring (bicyclic) bond motifs is 10. The number of aromatic carboxylic acids is 1. The van der Waals surface area contributed by atoms with Gasteiger partial charge >= 0.3 is 5.97 Å². The number of hydrogen-bond donors (Lipinski definition) is 2. The summed E-state index contributed by atoms with van der Waals surface area (Å²) in [7, 11) is 6.00. The Labute approximate surface area is 291 Å². The second-order valence-electron chi connectivity index (χ2n) is 14.0. The van der Waals surface area contributed by atoms with Gasteiger partial charge in [-0.2, -0.15) is 10.2 Å². The van der Waals surface area contributed by atoms with E-state index in [-0.39, 0.29) is 0 Å². The van der Waals surface area contributed by atoms with Gasteiger partial charge in [-0.1, -0.05) is 23.7 Å². The zero-order chi connectivity index (χ0) is 33.8. The lowest BCUT2D eigenvalue weighted by Crippen LogP contribution is -2.18. The van der Waals surface area contributed by atoms with Gasteiger partial charge in [0, 0.05) is 68.2 Å². The fourth-order valence-corrected chi connectivity index (χ4v) is 8.61. The van der Waals surface area contributed by atoms with Gasteiger partial charge in [-0.05, 0) is 99.7 Å². The number of rotatable bonds is 1. The van der Waals surface area contributed by atoms with Crippen molar-refractivity contribution in [2.45, 2.75) is 77.4 Å². The standard InChI is InChI=1S/C38H44ClN7O3/c1-43-21-25-20-26(45(3)41-25)12-11-23-18-24-8-6-15-40-35(24)32(19-23)49-17-7-9-27-28-13-14-29(39)33(36(28)44(2)37(27)38(47)48)34-30(22-43)42-46-16-5-4-10-31(34)46/h13-14,18-20,40H,4-12,15-17,21-22H2,1-3H3,(H,47,48). The maximum atomic E-state index is 12.9. The molecule has 0 saturated heterocycles. The number of aromatic nitrogens is 5. The summed E-state index contributed by atoms with van der Waals surface area (Å²) in [5.74, 6) is -0.0572. The maximum absolute atomic E-state index is 12.9. The molecule has 3 aliphatic heterocycles. The van der Waals surface area contributed by atoms with Crippen LogP contribution in [0.1, 0.15) is 75.6 Å². The van der Waals surface area contributed by atoms with Crippen molar-refractivity contribution in [3.63, 3.8) is 0 Å². The maximum Gasteiger partial charge on any atom is 0.352 e. The second kappa shape index (κ2) is 12.9. The first-order valence-corrected chi connectivity index (χ1v) is 18.0. The summed E-state index contributed by atoms with van der Waals surface area (Å²) in [6.07, 6.45) is 8.21. The van der Waals surface area contributed by atoms with Crippen LogP contribution in [0.25, 0.3) is 22.0 Å². The molecule has 0 aliphatic carbocycles. The lowest BCUT2D eigenvalue weighted by Gasteiger charge is -2.23. The molecule has 2 aromatic carbocycles. The molecule has 6 heterocycles. The van der Waals surface area contributed by atoms with Crippen LogP contribution in [0, 0.1) is 0 Å².